The number of amides is 2. The molecule has 1 spiro atoms. The summed E-state index contributed by atoms with van der Waals surface area (Å²) in [5, 5.41) is 17.8. The van der Waals surface area contributed by atoms with Crippen molar-refractivity contribution in [3.63, 3.8) is 0 Å². The predicted molar refractivity (Wildman–Crippen MR) is 136 cm³/mol. The number of primary amides is 1. The van der Waals surface area contributed by atoms with Gasteiger partial charge < -0.3 is 25.8 Å². The van der Waals surface area contributed by atoms with E-state index in [4.69, 9.17) is 15.2 Å². The number of carbonyl (C=O) groups excluding carboxylic acids is 2. The Morgan fingerprint density at radius 2 is 2.05 bits per heavy atom. The Balaban J connectivity index is 1.29. The molecule has 11 nitrogen and oxygen atoms in total. The second-order valence-corrected chi connectivity index (χ2v) is 10.1. The van der Waals surface area contributed by atoms with Gasteiger partial charge in [-0.1, -0.05) is 12.1 Å². The van der Waals surface area contributed by atoms with Gasteiger partial charge in [-0.2, -0.15) is 5.10 Å². The molecule has 2 atom stereocenters. The van der Waals surface area contributed by atoms with E-state index < -0.39 is 17.5 Å². The number of aromatic nitrogens is 4. The number of halogens is 1. The lowest BCUT2D eigenvalue weighted by Crippen LogP contribution is -2.47. The molecule has 6 rings (SSSR count). The summed E-state index contributed by atoms with van der Waals surface area (Å²) >= 11 is 0. The number of nitrogens with one attached hydrogen (secondary N) is 2. The summed E-state index contributed by atoms with van der Waals surface area (Å²) in [6.45, 7) is 0.795. The van der Waals surface area contributed by atoms with Crippen LogP contribution >= 0.6 is 0 Å². The average Bonchev–Trinajstić information content (AvgIpc) is 3.27. The predicted octanol–water partition coefficient (Wildman–Crippen LogP) is 3.52. The third-order valence-electron chi connectivity index (χ3n) is 7.67. The molecule has 3 aromatic rings. The molecule has 2 aromatic heterocycles. The second-order valence-electron chi connectivity index (χ2n) is 10.1. The number of alkyl halides is 1. The van der Waals surface area contributed by atoms with Crippen LogP contribution in [0, 0.1) is 0 Å². The minimum Gasteiger partial charge on any atom is -0.494 e. The molecular formula is C26H28FN7O4. The molecule has 4 N–H and O–H groups in total. The molecule has 2 aliphatic carbocycles. The number of ether oxygens (including phenoxy) is 2. The van der Waals surface area contributed by atoms with Gasteiger partial charge in [0.05, 0.1) is 36.3 Å². The maximum atomic E-state index is 14.1. The number of rotatable bonds is 8. The Morgan fingerprint density at radius 1 is 1.21 bits per heavy atom. The lowest BCUT2D eigenvalue weighted by Gasteiger charge is -2.45. The smallest absolute Gasteiger partial charge is 0.271 e. The van der Waals surface area contributed by atoms with Crippen LogP contribution in [0.4, 0.5) is 21.6 Å². The number of hydrogen-bond acceptors (Lipinski definition) is 8. The molecule has 1 aromatic carbocycles. The van der Waals surface area contributed by atoms with Crippen LogP contribution < -0.4 is 21.1 Å². The molecular weight excluding hydrogens is 493 g/mol. The number of carbonyl (C=O) groups is 2. The van der Waals surface area contributed by atoms with Crippen molar-refractivity contribution >= 4 is 29.0 Å². The van der Waals surface area contributed by atoms with Gasteiger partial charge in [0.2, 0.25) is 0 Å². The van der Waals surface area contributed by atoms with Crippen molar-refractivity contribution in [2.75, 3.05) is 24.4 Å². The molecule has 0 bridgehead atoms. The first-order valence-corrected chi connectivity index (χ1v) is 12.6. The molecule has 2 saturated carbocycles. The number of nitrogens with two attached hydrogens (primary N) is 1. The van der Waals surface area contributed by atoms with E-state index in [0.29, 0.717) is 11.4 Å². The molecule has 3 heterocycles. The highest BCUT2D eigenvalue weighted by atomic mass is 19.1. The molecule has 3 fully saturated rings. The zero-order valence-electron chi connectivity index (χ0n) is 20.9. The standard InChI is InChI=1S/C26H28FN7O4/c1-37-22-16(15-13-29-34(14-15)19-6-8-26(19)7-3-11-38-26)4-2-5-17(22)30-18-12-20(32-33-21(18)23(28)35)31-24(36)25(27)9-10-25/h2,4-5,12-14,19H,3,6-11H2,1H3,(H2,28,35)(H2,30,31,32,36)/t19-,26+/m1/s1. The van der Waals surface area contributed by atoms with Crippen molar-refractivity contribution in [1.29, 1.82) is 0 Å². The molecule has 0 radical (unpaired) electrons. The average molecular weight is 522 g/mol. The molecule has 198 valence electrons. The maximum absolute atomic E-state index is 14.1. The summed E-state index contributed by atoms with van der Waals surface area (Å²) in [4.78, 5) is 24.2. The number of para-hydroxylation sites is 1. The van der Waals surface area contributed by atoms with E-state index in [1.54, 1.807) is 19.4 Å². The zero-order chi connectivity index (χ0) is 26.5. The van der Waals surface area contributed by atoms with Gasteiger partial charge in [-0.25, -0.2) is 4.39 Å². The van der Waals surface area contributed by atoms with Gasteiger partial charge in [0.1, 0.15) is 5.75 Å². The third-order valence-corrected chi connectivity index (χ3v) is 7.67. The summed E-state index contributed by atoms with van der Waals surface area (Å²) in [6.07, 6.45) is 8.30. The Hall–Kier alpha value is -4.06. The minimum absolute atomic E-state index is 0.00798. The van der Waals surface area contributed by atoms with Gasteiger partial charge in [0.25, 0.3) is 11.8 Å². The summed E-state index contributed by atoms with van der Waals surface area (Å²) in [6, 6.07) is 7.11. The Kier molecular flexibility index (Phi) is 5.78. The van der Waals surface area contributed by atoms with E-state index >= 15 is 0 Å². The van der Waals surface area contributed by atoms with Crippen LogP contribution in [0.3, 0.4) is 0 Å². The molecule has 2 amide bonds. The molecule has 38 heavy (non-hydrogen) atoms. The molecule has 1 saturated heterocycles. The maximum Gasteiger partial charge on any atom is 0.271 e. The number of anilines is 3. The molecule has 3 aliphatic rings. The Labute approximate surface area is 217 Å². The highest BCUT2D eigenvalue weighted by Gasteiger charge is 2.52. The van der Waals surface area contributed by atoms with Crippen molar-refractivity contribution in [3.8, 4) is 16.9 Å². The van der Waals surface area contributed by atoms with E-state index in [2.05, 4.69) is 25.9 Å². The number of hydrogen-bond donors (Lipinski definition) is 3. The van der Waals surface area contributed by atoms with Crippen LogP contribution in [0.1, 0.15) is 55.1 Å². The van der Waals surface area contributed by atoms with Gasteiger partial charge in [0, 0.05) is 30.0 Å². The van der Waals surface area contributed by atoms with Crippen LogP contribution in [0.2, 0.25) is 0 Å². The first-order valence-electron chi connectivity index (χ1n) is 12.6. The minimum atomic E-state index is -1.89. The van der Waals surface area contributed by atoms with Crippen LogP contribution in [0.15, 0.2) is 36.7 Å². The lowest BCUT2D eigenvalue weighted by molar-refractivity contribution is -0.122. The van der Waals surface area contributed by atoms with E-state index in [0.717, 1.165) is 43.4 Å². The first-order chi connectivity index (χ1) is 18.3. The monoisotopic (exact) mass is 521 g/mol. The van der Waals surface area contributed by atoms with Crippen molar-refractivity contribution < 1.29 is 23.5 Å². The highest BCUT2D eigenvalue weighted by molar-refractivity contribution is 6.01. The van der Waals surface area contributed by atoms with Crippen LogP contribution in [-0.4, -0.2) is 56.8 Å². The van der Waals surface area contributed by atoms with Crippen LogP contribution in [-0.2, 0) is 9.53 Å². The number of nitrogens with zero attached hydrogens (tertiary/aromatic N) is 4. The summed E-state index contributed by atoms with van der Waals surface area (Å²) in [5.41, 5.74) is 5.73. The van der Waals surface area contributed by atoms with Crippen molar-refractivity contribution in [2.45, 2.75) is 55.8 Å². The van der Waals surface area contributed by atoms with Gasteiger partial charge in [0.15, 0.2) is 17.2 Å². The largest absolute Gasteiger partial charge is 0.494 e. The Bertz CT molecular complexity index is 1410. The highest BCUT2D eigenvalue weighted by Crippen LogP contribution is 2.51. The topological polar surface area (TPSA) is 146 Å². The van der Waals surface area contributed by atoms with Crippen molar-refractivity contribution in [1.82, 2.24) is 20.0 Å². The Morgan fingerprint density at radius 3 is 2.71 bits per heavy atom. The normalized spacial score (nSPS) is 23.1. The van der Waals surface area contributed by atoms with Gasteiger partial charge >= 0.3 is 0 Å². The number of benzene rings is 1. The fourth-order valence-corrected chi connectivity index (χ4v) is 5.32. The van der Waals surface area contributed by atoms with Crippen LogP contribution in [0.5, 0.6) is 5.75 Å². The summed E-state index contributed by atoms with van der Waals surface area (Å²) in [7, 11) is 1.55. The fourth-order valence-electron chi connectivity index (χ4n) is 5.32. The number of methoxy groups -OCH3 is 1. The van der Waals surface area contributed by atoms with E-state index in [1.165, 1.54) is 6.07 Å². The fraction of sp³-hybridized carbons (Fsp3) is 0.423. The van der Waals surface area contributed by atoms with Gasteiger partial charge in [-0.3, -0.25) is 14.3 Å². The molecule has 0 unspecified atom stereocenters. The van der Waals surface area contributed by atoms with Crippen LogP contribution in [0.25, 0.3) is 11.1 Å². The van der Waals surface area contributed by atoms with E-state index in [1.807, 2.05) is 23.0 Å². The van der Waals surface area contributed by atoms with E-state index in [-0.39, 0.29) is 41.7 Å². The quantitative estimate of drug-likeness (QED) is 0.408. The third kappa shape index (κ3) is 4.14. The zero-order valence-corrected chi connectivity index (χ0v) is 20.9. The first kappa shape index (κ1) is 24.3. The second kappa shape index (κ2) is 9.05. The molecule has 1 aliphatic heterocycles. The summed E-state index contributed by atoms with van der Waals surface area (Å²) in [5.74, 6) is -1.11. The van der Waals surface area contributed by atoms with Crippen molar-refractivity contribution in [3.05, 3.63) is 42.4 Å². The summed E-state index contributed by atoms with van der Waals surface area (Å²) < 4.78 is 27.9. The van der Waals surface area contributed by atoms with Gasteiger partial charge in [-0.05, 0) is 44.6 Å². The molecule has 12 heteroatoms. The van der Waals surface area contributed by atoms with Crippen molar-refractivity contribution in [2.24, 2.45) is 5.73 Å². The SMILES string of the molecule is COc1c(Nc2cc(NC(=O)C3(F)CC3)nnc2C(N)=O)cccc1-c1cnn([C@@H]2CC[C@@]23CCCO3)c1. The lowest BCUT2D eigenvalue weighted by atomic mass is 9.73. The van der Waals surface area contributed by atoms with Gasteiger partial charge in [-0.15, -0.1) is 10.2 Å². The van der Waals surface area contributed by atoms with E-state index in [9.17, 15) is 14.0 Å².